The van der Waals surface area contributed by atoms with Crippen molar-refractivity contribution in [1.29, 1.82) is 0 Å². The molecule has 0 spiro atoms. The molecule has 1 aliphatic heterocycles. The highest BCUT2D eigenvalue weighted by Crippen LogP contribution is 2.30. The molecule has 2 amide bonds. The Kier molecular flexibility index (Phi) is 2.98. The number of piperazine rings is 1. The first kappa shape index (κ1) is 12.4. The Labute approximate surface area is 106 Å². The minimum atomic E-state index is -0.893. The normalized spacial score (nSPS) is 18.5. The molecule has 1 saturated heterocycles. The molecule has 0 aliphatic carbocycles. The molecule has 1 aromatic carbocycles. The number of carbonyl (C=O) groups is 2. The third-order valence-electron chi connectivity index (χ3n) is 2.91. The maximum atomic E-state index is 12.3. The van der Waals surface area contributed by atoms with Crippen LogP contribution >= 0.6 is 0 Å². The van der Waals surface area contributed by atoms with Gasteiger partial charge in [-0.05, 0) is 26.0 Å². The van der Waals surface area contributed by atoms with Crippen molar-refractivity contribution in [2.45, 2.75) is 19.4 Å². The summed E-state index contributed by atoms with van der Waals surface area (Å²) in [4.78, 5) is 25.4. The van der Waals surface area contributed by atoms with Gasteiger partial charge in [0.15, 0.2) is 0 Å². The van der Waals surface area contributed by atoms with Crippen LogP contribution in [0.4, 0.5) is 5.69 Å². The molecule has 0 bridgehead atoms. The van der Waals surface area contributed by atoms with Crippen LogP contribution in [0.2, 0.25) is 0 Å². The fourth-order valence-electron chi connectivity index (χ4n) is 2.04. The largest absolute Gasteiger partial charge is 0.495 e. The predicted molar refractivity (Wildman–Crippen MR) is 67.6 cm³/mol. The average Bonchev–Trinajstić information content (AvgIpc) is 2.33. The van der Waals surface area contributed by atoms with Crippen molar-refractivity contribution in [1.82, 2.24) is 5.32 Å². The van der Waals surface area contributed by atoms with E-state index in [0.29, 0.717) is 11.4 Å². The van der Waals surface area contributed by atoms with Gasteiger partial charge in [0.05, 0.1) is 12.8 Å². The molecule has 0 unspecified atom stereocenters. The van der Waals surface area contributed by atoms with Gasteiger partial charge in [0.25, 0.3) is 5.91 Å². The van der Waals surface area contributed by atoms with Crippen LogP contribution in [0, 0.1) is 0 Å². The van der Waals surface area contributed by atoms with Crippen LogP contribution in [-0.2, 0) is 9.59 Å². The zero-order valence-corrected chi connectivity index (χ0v) is 10.7. The summed E-state index contributed by atoms with van der Waals surface area (Å²) in [6, 6.07) is 7.17. The molecule has 1 aromatic rings. The number of rotatable bonds is 2. The molecule has 1 aliphatic rings. The molecule has 5 heteroatoms. The number of hydrogen-bond donors (Lipinski definition) is 1. The van der Waals surface area contributed by atoms with Gasteiger partial charge < -0.3 is 10.1 Å². The quantitative estimate of drug-likeness (QED) is 0.847. The SMILES string of the molecule is COc1ccccc1N1CC(=O)NC(C)(C)C1=O. The van der Waals surface area contributed by atoms with Gasteiger partial charge >= 0.3 is 0 Å². The van der Waals surface area contributed by atoms with Gasteiger partial charge in [-0.15, -0.1) is 0 Å². The van der Waals surface area contributed by atoms with Crippen LogP contribution < -0.4 is 15.0 Å². The minimum absolute atomic E-state index is 0.0165. The Bertz CT molecular complexity index is 497. The van der Waals surface area contributed by atoms with E-state index in [-0.39, 0.29) is 18.4 Å². The minimum Gasteiger partial charge on any atom is -0.495 e. The van der Waals surface area contributed by atoms with Crippen molar-refractivity contribution in [3.8, 4) is 5.75 Å². The zero-order valence-electron chi connectivity index (χ0n) is 10.7. The number of amides is 2. The summed E-state index contributed by atoms with van der Waals surface area (Å²) < 4.78 is 5.22. The number of para-hydroxylation sites is 2. The topological polar surface area (TPSA) is 58.6 Å². The maximum Gasteiger partial charge on any atom is 0.252 e. The van der Waals surface area contributed by atoms with Crippen LogP contribution in [0.15, 0.2) is 24.3 Å². The molecule has 1 heterocycles. The van der Waals surface area contributed by atoms with E-state index in [4.69, 9.17) is 4.74 Å². The van der Waals surface area contributed by atoms with E-state index in [1.807, 2.05) is 12.1 Å². The lowest BCUT2D eigenvalue weighted by Crippen LogP contribution is -2.64. The van der Waals surface area contributed by atoms with E-state index in [1.54, 1.807) is 33.1 Å². The Morgan fingerprint density at radius 1 is 1.28 bits per heavy atom. The molecule has 5 nitrogen and oxygen atoms in total. The summed E-state index contributed by atoms with van der Waals surface area (Å²) in [5.74, 6) is 0.258. The van der Waals surface area contributed by atoms with Gasteiger partial charge in [-0.1, -0.05) is 12.1 Å². The Balaban J connectivity index is 2.43. The van der Waals surface area contributed by atoms with E-state index in [1.165, 1.54) is 4.90 Å². The highest BCUT2D eigenvalue weighted by molar-refractivity contribution is 6.09. The molecule has 1 N–H and O–H groups in total. The highest BCUT2D eigenvalue weighted by atomic mass is 16.5. The van der Waals surface area contributed by atoms with Crippen LogP contribution in [-0.4, -0.2) is 31.0 Å². The summed E-state index contributed by atoms with van der Waals surface area (Å²) >= 11 is 0. The maximum absolute atomic E-state index is 12.3. The second-order valence-corrected chi connectivity index (χ2v) is 4.74. The molecule has 0 aromatic heterocycles. The number of carbonyl (C=O) groups excluding carboxylic acids is 2. The molecular formula is C13H16N2O3. The molecular weight excluding hydrogens is 232 g/mol. The van der Waals surface area contributed by atoms with Crippen LogP contribution in [0.1, 0.15) is 13.8 Å². The molecule has 18 heavy (non-hydrogen) atoms. The van der Waals surface area contributed by atoms with Gasteiger partial charge in [-0.2, -0.15) is 0 Å². The van der Waals surface area contributed by atoms with Gasteiger partial charge in [-0.3, -0.25) is 14.5 Å². The summed E-state index contributed by atoms with van der Waals surface area (Å²) in [6.07, 6.45) is 0. The average molecular weight is 248 g/mol. The third kappa shape index (κ3) is 2.03. The summed E-state index contributed by atoms with van der Waals surface area (Å²) in [5.41, 5.74) is -0.274. The predicted octanol–water partition coefficient (Wildman–Crippen LogP) is 0.937. The fraction of sp³-hybridized carbons (Fsp3) is 0.385. The van der Waals surface area contributed by atoms with Crippen molar-refractivity contribution in [2.24, 2.45) is 0 Å². The summed E-state index contributed by atoms with van der Waals surface area (Å²) in [5, 5.41) is 2.67. The highest BCUT2D eigenvalue weighted by Gasteiger charge is 2.40. The van der Waals surface area contributed by atoms with E-state index in [9.17, 15) is 9.59 Å². The fourth-order valence-corrected chi connectivity index (χ4v) is 2.04. The van der Waals surface area contributed by atoms with E-state index < -0.39 is 5.54 Å². The number of nitrogens with one attached hydrogen (secondary N) is 1. The number of hydrogen-bond acceptors (Lipinski definition) is 3. The lowest BCUT2D eigenvalue weighted by molar-refractivity contribution is -0.134. The van der Waals surface area contributed by atoms with Crippen LogP contribution in [0.3, 0.4) is 0 Å². The summed E-state index contributed by atoms with van der Waals surface area (Å²) in [6.45, 7) is 3.40. The molecule has 1 fully saturated rings. The number of nitrogens with zero attached hydrogens (tertiary/aromatic N) is 1. The van der Waals surface area contributed by atoms with E-state index in [0.717, 1.165) is 0 Å². The number of anilines is 1. The van der Waals surface area contributed by atoms with Gasteiger partial charge in [0.1, 0.15) is 17.8 Å². The van der Waals surface area contributed by atoms with Crippen molar-refractivity contribution in [3.63, 3.8) is 0 Å². The van der Waals surface area contributed by atoms with E-state index in [2.05, 4.69) is 5.32 Å². The first-order valence-corrected chi connectivity index (χ1v) is 5.71. The second kappa shape index (κ2) is 4.33. The first-order valence-electron chi connectivity index (χ1n) is 5.71. The standard InChI is InChI=1S/C13H16N2O3/c1-13(2)12(17)15(8-11(16)14-13)9-6-4-5-7-10(9)18-3/h4-7H,8H2,1-3H3,(H,14,16). The smallest absolute Gasteiger partial charge is 0.252 e. The Morgan fingerprint density at radius 2 is 1.94 bits per heavy atom. The van der Waals surface area contributed by atoms with Crippen LogP contribution in [0.25, 0.3) is 0 Å². The van der Waals surface area contributed by atoms with Crippen molar-refractivity contribution in [3.05, 3.63) is 24.3 Å². The molecule has 0 atom stereocenters. The Hall–Kier alpha value is -2.04. The van der Waals surface area contributed by atoms with Crippen molar-refractivity contribution < 1.29 is 14.3 Å². The second-order valence-electron chi connectivity index (χ2n) is 4.74. The third-order valence-corrected chi connectivity index (χ3v) is 2.91. The van der Waals surface area contributed by atoms with Crippen molar-refractivity contribution in [2.75, 3.05) is 18.6 Å². The van der Waals surface area contributed by atoms with Gasteiger partial charge in [-0.25, -0.2) is 0 Å². The monoisotopic (exact) mass is 248 g/mol. The zero-order chi connectivity index (χ0) is 13.3. The first-order chi connectivity index (χ1) is 8.45. The van der Waals surface area contributed by atoms with Crippen LogP contribution in [0.5, 0.6) is 5.75 Å². The molecule has 0 saturated carbocycles. The Morgan fingerprint density at radius 3 is 2.61 bits per heavy atom. The molecule has 2 rings (SSSR count). The van der Waals surface area contributed by atoms with Gasteiger partial charge in [0.2, 0.25) is 5.91 Å². The molecule has 96 valence electrons. The lowest BCUT2D eigenvalue weighted by Gasteiger charge is -2.37. The number of benzene rings is 1. The summed E-state index contributed by atoms with van der Waals surface area (Å²) in [7, 11) is 1.54. The molecule has 0 radical (unpaired) electrons. The van der Waals surface area contributed by atoms with E-state index >= 15 is 0 Å². The lowest BCUT2D eigenvalue weighted by atomic mass is 10.00. The van der Waals surface area contributed by atoms with Crippen molar-refractivity contribution >= 4 is 17.5 Å². The number of methoxy groups -OCH3 is 1. The number of ether oxygens (including phenoxy) is 1. The van der Waals surface area contributed by atoms with Gasteiger partial charge in [0, 0.05) is 0 Å².